The summed E-state index contributed by atoms with van der Waals surface area (Å²) < 4.78 is 4.85. The number of nitrogens with two attached hydrogens (primary N) is 1. The van der Waals surface area contributed by atoms with Crippen LogP contribution < -0.4 is 16.4 Å². The predicted molar refractivity (Wildman–Crippen MR) is 75.2 cm³/mol. The van der Waals surface area contributed by atoms with Gasteiger partial charge < -0.3 is 21.1 Å². The molecule has 1 heterocycles. The Balaban J connectivity index is 2.03. The Hall–Kier alpha value is -1.92. The van der Waals surface area contributed by atoms with Gasteiger partial charge in [0, 0.05) is 12.8 Å². The van der Waals surface area contributed by atoms with Crippen molar-refractivity contribution in [3.63, 3.8) is 0 Å². The number of hydrogen-bond acceptors (Lipinski definition) is 4. The summed E-state index contributed by atoms with van der Waals surface area (Å²) in [5, 5.41) is 5.61. The molecule has 20 heavy (non-hydrogen) atoms. The van der Waals surface area contributed by atoms with Gasteiger partial charge in [0.25, 0.3) is 0 Å². The molecule has 0 saturated heterocycles. The van der Waals surface area contributed by atoms with E-state index in [1.165, 1.54) is 7.11 Å². The second-order valence-corrected chi connectivity index (χ2v) is 4.93. The summed E-state index contributed by atoms with van der Waals surface area (Å²) in [6.45, 7) is 2.06. The minimum Gasteiger partial charge on any atom is -0.383 e. The van der Waals surface area contributed by atoms with Gasteiger partial charge in [0.05, 0.1) is 19.1 Å². The molecule has 1 aromatic rings. The van der Waals surface area contributed by atoms with E-state index in [-0.39, 0.29) is 24.5 Å². The molecule has 0 aliphatic carbocycles. The number of hydrogen-bond donors (Lipinski definition) is 3. The number of amides is 2. The maximum atomic E-state index is 11.8. The number of anilines is 1. The largest absolute Gasteiger partial charge is 0.383 e. The second-order valence-electron chi connectivity index (χ2n) is 4.93. The van der Waals surface area contributed by atoms with Gasteiger partial charge in [0.1, 0.15) is 6.04 Å². The number of benzene rings is 1. The molecule has 6 nitrogen and oxygen atoms in total. The van der Waals surface area contributed by atoms with Crippen molar-refractivity contribution in [1.29, 1.82) is 0 Å². The van der Waals surface area contributed by atoms with E-state index >= 15 is 0 Å². The fourth-order valence-electron chi connectivity index (χ4n) is 2.18. The Bertz CT molecular complexity index is 530. The number of rotatable bonds is 5. The number of nitrogens with one attached hydrogen (secondary N) is 2. The molecular formula is C14H19N3O3. The van der Waals surface area contributed by atoms with Crippen molar-refractivity contribution in [2.24, 2.45) is 5.73 Å². The van der Waals surface area contributed by atoms with Crippen LogP contribution in [0.2, 0.25) is 0 Å². The van der Waals surface area contributed by atoms with Crippen LogP contribution in [0.3, 0.4) is 0 Å². The zero-order valence-corrected chi connectivity index (χ0v) is 11.6. The van der Waals surface area contributed by atoms with Crippen molar-refractivity contribution >= 4 is 17.5 Å². The summed E-state index contributed by atoms with van der Waals surface area (Å²) in [6.07, 6.45) is 0.382. The van der Waals surface area contributed by atoms with Gasteiger partial charge in [0.2, 0.25) is 11.8 Å². The van der Waals surface area contributed by atoms with Gasteiger partial charge in [-0.05, 0) is 24.1 Å². The molecule has 1 aliphatic rings. The van der Waals surface area contributed by atoms with Crippen LogP contribution in [0.15, 0.2) is 18.2 Å². The number of ether oxygens (including phenoxy) is 1. The molecule has 2 amide bonds. The summed E-state index contributed by atoms with van der Waals surface area (Å²) in [6, 6.07) is 4.82. The monoisotopic (exact) mass is 277 g/mol. The van der Waals surface area contributed by atoms with E-state index in [1.807, 2.05) is 25.1 Å². The molecule has 2 atom stereocenters. The van der Waals surface area contributed by atoms with Crippen LogP contribution in [0.25, 0.3) is 0 Å². The average molecular weight is 277 g/mol. The molecule has 1 aromatic carbocycles. The molecule has 108 valence electrons. The lowest BCUT2D eigenvalue weighted by Crippen LogP contribution is -2.44. The van der Waals surface area contributed by atoms with Gasteiger partial charge in [-0.15, -0.1) is 0 Å². The normalized spacial score (nSPS) is 16.2. The van der Waals surface area contributed by atoms with Crippen molar-refractivity contribution in [2.75, 3.05) is 19.0 Å². The first-order valence-corrected chi connectivity index (χ1v) is 6.49. The lowest BCUT2D eigenvalue weighted by molar-refractivity contribution is -0.124. The average Bonchev–Trinajstić information content (AvgIpc) is 2.77. The van der Waals surface area contributed by atoms with Crippen LogP contribution in [-0.2, 0) is 20.7 Å². The molecule has 1 aliphatic heterocycles. The zero-order chi connectivity index (χ0) is 14.7. The molecule has 0 saturated carbocycles. The molecule has 0 fully saturated rings. The van der Waals surface area contributed by atoms with Crippen LogP contribution >= 0.6 is 0 Å². The Morgan fingerprint density at radius 2 is 2.30 bits per heavy atom. The first-order chi connectivity index (χ1) is 9.51. The number of methoxy groups -OCH3 is 1. The highest BCUT2D eigenvalue weighted by Crippen LogP contribution is 2.26. The molecule has 4 N–H and O–H groups in total. The van der Waals surface area contributed by atoms with Gasteiger partial charge in [-0.1, -0.05) is 12.1 Å². The van der Waals surface area contributed by atoms with Gasteiger partial charge >= 0.3 is 0 Å². The lowest BCUT2D eigenvalue weighted by Gasteiger charge is -2.18. The molecule has 0 aromatic heterocycles. The van der Waals surface area contributed by atoms with Crippen molar-refractivity contribution < 1.29 is 14.3 Å². The summed E-state index contributed by atoms with van der Waals surface area (Å²) in [5.41, 5.74) is 8.41. The fraction of sp³-hybridized carbons (Fsp3) is 0.429. The third kappa shape index (κ3) is 3.15. The molecular weight excluding hydrogens is 258 g/mol. The highest BCUT2D eigenvalue weighted by atomic mass is 16.5. The Morgan fingerprint density at radius 3 is 3.00 bits per heavy atom. The smallest absolute Gasteiger partial charge is 0.239 e. The van der Waals surface area contributed by atoms with Crippen molar-refractivity contribution in [2.45, 2.75) is 25.4 Å². The van der Waals surface area contributed by atoms with Crippen LogP contribution in [-0.4, -0.2) is 31.6 Å². The summed E-state index contributed by atoms with van der Waals surface area (Å²) in [4.78, 5) is 23.1. The Labute approximate surface area is 117 Å². The number of carbonyl (C=O) groups is 2. The Kier molecular flexibility index (Phi) is 4.36. The fourth-order valence-corrected chi connectivity index (χ4v) is 2.18. The van der Waals surface area contributed by atoms with Crippen LogP contribution in [0, 0.1) is 0 Å². The SMILES string of the molecule is COCC(N)C(=O)NC(C)c1ccc2c(c1)CC(=O)N2. The van der Waals surface area contributed by atoms with E-state index in [1.54, 1.807) is 0 Å². The summed E-state index contributed by atoms with van der Waals surface area (Å²) in [5.74, 6) is -0.259. The summed E-state index contributed by atoms with van der Waals surface area (Å²) >= 11 is 0. The maximum Gasteiger partial charge on any atom is 0.239 e. The van der Waals surface area contributed by atoms with Gasteiger partial charge in [0.15, 0.2) is 0 Å². The van der Waals surface area contributed by atoms with Gasteiger partial charge in [-0.25, -0.2) is 0 Å². The summed E-state index contributed by atoms with van der Waals surface area (Å²) in [7, 11) is 1.50. The molecule has 6 heteroatoms. The first-order valence-electron chi connectivity index (χ1n) is 6.49. The molecule has 0 bridgehead atoms. The lowest BCUT2D eigenvalue weighted by atomic mass is 10.0. The third-order valence-corrected chi connectivity index (χ3v) is 3.30. The number of fused-ring (bicyclic) bond motifs is 1. The quantitative estimate of drug-likeness (QED) is 0.723. The molecule has 0 spiro atoms. The topological polar surface area (TPSA) is 93.4 Å². The van der Waals surface area contributed by atoms with Gasteiger partial charge in [-0.3, -0.25) is 9.59 Å². The van der Waals surface area contributed by atoms with Crippen LogP contribution in [0.1, 0.15) is 24.1 Å². The minimum absolute atomic E-state index is 0.00374. The molecule has 2 unspecified atom stereocenters. The Morgan fingerprint density at radius 1 is 1.55 bits per heavy atom. The van der Waals surface area contributed by atoms with E-state index < -0.39 is 6.04 Å². The van der Waals surface area contributed by atoms with Crippen molar-refractivity contribution in [3.05, 3.63) is 29.3 Å². The van der Waals surface area contributed by atoms with Crippen molar-refractivity contribution in [3.8, 4) is 0 Å². The maximum absolute atomic E-state index is 11.8. The molecule has 0 radical (unpaired) electrons. The van der Waals surface area contributed by atoms with Crippen LogP contribution in [0.5, 0.6) is 0 Å². The van der Waals surface area contributed by atoms with E-state index in [9.17, 15) is 9.59 Å². The molecule has 2 rings (SSSR count). The highest BCUT2D eigenvalue weighted by Gasteiger charge is 2.20. The third-order valence-electron chi connectivity index (χ3n) is 3.30. The van der Waals surface area contributed by atoms with Gasteiger partial charge in [-0.2, -0.15) is 0 Å². The minimum atomic E-state index is -0.680. The van der Waals surface area contributed by atoms with Crippen molar-refractivity contribution in [1.82, 2.24) is 5.32 Å². The van der Waals surface area contributed by atoms with E-state index in [0.29, 0.717) is 6.42 Å². The second kappa shape index (κ2) is 6.02. The van der Waals surface area contributed by atoms with E-state index in [4.69, 9.17) is 10.5 Å². The van der Waals surface area contributed by atoms with Crippen LogP contribution in [0.4, 0.5) is 5.69 Å². The van der Waals surface area contributed by atoms with E-state index in [2.05, 4.69) is 10.6 Å². The first kappa shape index (κ1) is 14.5. The zero-order valence-electron chi connectivity index (χ0n) is 11.6. The number of carbonyl (C=O) groups excluding carboxylic acids is 2. The predicted octanol–water partition coefficient (Wildman–Crippen LogP) is 0.332. The van der Waals surface area contributed by atoms with E-state index in [0.717, 1.165) is 16.8 Å². The standard InChI is InChI=1S/C14H19N3O3/c1-8(16-14(19)11(15)7-20-2)9-3-4-12-10(5-9)6-13(18)17-12/h3-5,8,11H,6-7,15H2,1-2H3,(H,16,19)(H,17,18). The highest BCUT2D eigenvalue weighted by molar-refractivity contribution is 5.99.